The number of rotatable bonds is 3. The molecule has 2 heterocycles. The summed E-state index contributed by atoms with van der Waals surface area (Å²) in [5.41, 5.74) is 9.97. The van der Waals surface area contributed by atoms with Gasteiger partial charge in [-0.05, 0) is 36.4 Å². The highest BCUT2D eigenvalue weighted by Gasteiger charge is 2.17. The van der Waals surface area contributed by atoms with Gasteiger partial charge in [0.15, 0.2) is 5.65 Å². The van der Waals surface area contributed by atoms with Crippen LogP contribution in [0.1, 0.15) is 10.5 Å². The van der Waals surface area contributed by atoms with Gasteiger partial charge in [-0.2, -0.15) is 0 Å². The molecule has 0 radical (unpaired) electrons. The van der Waals surface area contributed by atoms with Crippen LogP contribution >= 0.6 is 11.6 Å². The number of hydrogen-bond donors (Lipinski definition) is 1. The van der Waals surface area contributed by atoms with Crippen LogP contribution in [-0.2, 0) is 0 Å². The van der Waals surface area contributed by atoms with Crippen LogP contribution in [0, 0.1) is 0 Å². The summed E-state index contributed by atoms with van der Waals surface area (Å²) in [5.74, 6) is -0.226. The maximum absolute atomic E-state index is 12.9. The molecule has 0 unspecified atom stereocenters. The Kier molecular flexibility index (Phi) is 4.25. The molecule has 0 atom stereocenters. The van der Waals surface area contributed by atoms with Crippen molar-refractivity contribution in [1.29, 1.82) is 0 Å². The first-order valence-corrected chi connectivity index (χ1v) is 8.63. The molecule has 4 rings (SSSR count). The van der Waals surface area contributed by atoms with E-state index in [1.165, 1.54) is 4.90 Å². The van der Waals surface area contributed by atoms with E-state index in [4.69, 9.17) is 17.3 Å². The fourth-order valence-corrected chi connectivity index (χ4v) is 2.95. The van der Waals surface area contributed by atoms with Crippen LogP contribution in [0.25, 0.3) is 16.9 Å². The number of imidazole rings is 1. The molecule has 2 aromatic heterocycles. The molecule has 0 spiro atoms. The Hall–Kier alpha value is -3.38. The second-order valence-corrected chi connectivity index (χ2v) is 6.54. The average molecular weight is 378 g/mol. The van der Waals surface area contributed by atoms with E-state index in [1.807, 2.05) is 28.7 Å². The Labute approximate surface area is 160 Å². The van der Waals surface area contributed by atoms with Gasteiger partial charge in [0.2, 0.25) is 0 Å². The van der Waals surface area contributed by atoms with Crippen molar-refractivity contribution < 1.29 is 4.79 Å². The van der Waals surface area contributed by atoms with Gasteiger partial charge in [0, 0.05) is 35.2 Å². The number of benzene rings is 2. The molecular weight excluding hydrogens is 362 g/mol. The summed E-state index contributed by atoms with van der Waals surface area (Å²) in [6.07, 6.45) is 5.03. The zero-order valence-corrected chi connectivity index (χ0v) is 15.3. The zero-order chi connectivity index (χ0) is 19.0. The van der Waals surface area contributed by atoms with Gasteiger partial charge >= 0.3 is 0 Å². The second kappa shape index (κ2) is 6.74. The van der Waals surface area contributed by atoms with Gasteiger partial charge in [-0.15, -0.1) is 0 Å². The number of hydrogen-bond acceptors (Lipinski definition) is 4. The molecule has 0 fully saturated rings. The molecule has 134 valence electrons. The SMILES string of the molecule is CN(C(=O)c1cn2c(-c3ccc(N)cc3)cnc2cn1)c1ccc(Cl)cc1. The third-order valence-corrected chi connectivity index (χ3v) is 4.59. The van der Waals surface area contributed by atoms with Crippen molar-refractivity contribution in [2.24, 2.45) is 0 Å². The van der Waals surface area contributed by atoms with Crippen LogP contribution in [0.3, 0.4) is 0 Å². The summed E-state index contributed by atoms with van der Waals surface area (Å²) >= 11 is 5.92. The van der Waals surface area contributed by atoms with Crippen molar-refractivity contribution in [2.75, 3.05) is 17.7 Å². The minimum atomic E-state index is -0.226. The first-order valence-electron chi connectivity index (χ1n) is 8.25. The summed E-state index contributed by atoms with van der Waals surface area (Å²) in [6, 6.07) is 14.6. The van der Waals surface area contributed by atoms with E-state index >= 15 is 0 Å². The number of carbonyl (C=O) groups excluding carboxylic acids is 1. The molecule has 0 aliphatic carbocycles. The van der Waals surface area contributed by atoms with Crippen molar-refractivity contribution in [3.8, 4) is 11.3 Å². The quantitative estimate of drug-likeness (QED) is 0.549. The number of nitrogens with two attached hydrogens (primary N) is 1. The lowest BCUT2D eigenvalue weighted by molar-refractivity contribution is 0.0988. The van der Waals surface area contributed by atoms with Crippen molar-refractivity contribution in [3.63, 3.8) is 0 Å². The van der Waals surface area contributed by atoms with Gasteiger partial charge in [-0.1, -0.05) is 23.7 Å². The number of halogens is 1. The normalized spacial score (nSPS) is 10.9. The monoisotopic (exact) mass is 377 g/mol. The van der Waals surface area contributed by atoms with E-state index in [0.29, 0.717) is 22.1 Å². The second-order valence-electron chi connectivity index (χ2n) is 6.11. The van der Waals surface area contributed by atoms with Gasteiger partial charge in [-0.3, -0.25) is 9.20 Å². The third-order valence-electron chi connectivity index (χ3n) is 4.34. The largest absolute Gasteiger partial charge is 0.399 e. The lowest BCUT2D eigenvalue weighted by Gasteiger charge is -2.17. The minimum absolute atomic E-state index is 0.226. The maximum atomic E-state index is 12.9. The molecule has 2 N–H and O–H groups in total. The average Bonchev–Trinajstić information content (AvgIpc) is 3.11. The highest BCUT2D eigenvalue weighted by atomic mass is 35.5. The third kappa shape index (κ3) is 3.22. The predicted molar refractivity (Wildman–Crippen MR) is 107 cm³/mol. The Bertz CT molecular complexity index is 1120. The summed E-state index contributed by atoms with van der Waals surface area (Å²) in [7, 11) is 1.70. The van der Waals surface area contributed by atoms with E-state index in [9.17, 15) is 4.79 Å². The predicted octanol–water partition coefficient (Wildman–Crippen LogP) is 3.91. The Morgan fingerprint density at radius 2 is 1.74 bits per heavy atom. The number of nitrogen functional groups attached to an aromatic ring is 1. The summed E-state index contributed by atoms with van der Waals surface area (Å²) in [4.78, 5) is 23.0. The molecular formula is C20H16ClN5O. The highest BCUT2D eigenvalue weighted by Crippen LogP contribution is 2.23. The van der Waals surface area contributed by atoms with E-state index in [-0.39, 0.29) is 5.91 Å². The van der Waals surface area contributed by atoms with Crippen LogP contribution in [0.4, 0.5) is 11.4 Å². The van der Waals surface area contributed by atoms with Crippen molar-refractivity contribution in [3.05, 3.63) is 77.8 Å². The van der Waals surface area contributed by atoms with Gasteiger partial charge in [0.05, 0.1) is 18.1 Å². The van der Waals surface area contributed by atoms with E-state index in [1.54, 1.807) is 49.9 Å². The van der Waals surface area contributed by atoms with Gasteiger partial charge in [-0.25, -0.2) is 9.97 Å². The van der Waals surface area contributed by atoms with Crippen LogP contribution < -0.4 is 10.6 Å². The van der Waals surface area contributed by atoms with Crippen LogP contribution in [0.15, 0.2) is 67.1 Å². The summed E-state index contributed by atoms with van der Waals surface area (Å²) in [6.45, 7) is 0. The molecule has 4 aromatic rings. The fraction of sp³-hybridized carbons (Fsp3) is 0.0500. The number of amides is 1. The van der Waals surface area contributed by atoms with Crippen molar-refractivity contribution in [2.45, 2.75) is 0 Å². The molecule has 2 aromatic carbocycles. The number of carbonyl (C=O) groups is 1. The van der Waals surface area contributed by atoms with Crippen LogP contribution in [-0.4, -0.2) is 27.3 Å². The number of anilines is 2. The molecule has 0 aliphatic heterocycles. The lowest BCUT2D eigenvalue weighted by atomic mass is 10.1. The summed E-state index contributed by atoms with van der Waals surface area (Å²) in [5, 5.41) is 0.616. The number of fused-ring (bicyclic) bond motifs is 1. The fourth-order valence-electron chi connectivity index (χ4n) is 2.82. The summed E-state index contributed by atoms with van der Waals surface area (Å²) < 4.78 is 1.85. The Balaban J connectivity index is 1.72. The number of aromatic nitrogens is 3. The standard InChI is InChI=1S/C20H16ClN5O/c1-25(16-8-4-14(21)5-9-16)20(27)17-12-26-18(10-24-19(26)11-23-17)13-2-6-15(22)7-3-13/h2-12H,22H2,1H3. The molecule has 6 nitrogen and oxygen atoms in total. The van der Waals surface area contributed by atoms with Gasteiger partial charge in [0.1, 0.15) is 5.69 Å². The van der Waals surface area contributed by atoms with E-state index in [0.717, 1.165) is 16.9 Å². The van der Waals surface area contributed by atoms with Crippen LogP contribution in [0.5, 0.6) is 0 Å². The molecule has 0 aliphatic rings. The van der Waals surface area contributed by atoms with Crippen molar-refractivity contribution in [1.82, 2.24) is 14.4 Å². The first kappa shape index (κ1) is 17.1. The number of nitrogens with zero attached hydrogens (tertiary/aromatic N) is 4. The van der Waals surface area contributed by atoms with E-state index in [2.05, 4.69) is 9.97 Å². The molecule has 0 bridgehead atoms. The Morgan fingerprint density at radius 3 is 2.44 bits per heavy atom. The smallest absolute Gasteiger partial charge is 0.278 e. The van der Waals surface area contributed by atoms with Crippen LogP contribution in [0.2, 0.25) is 5.02 Å². The van der Waals surface area contributed by atoms with Gasteiger partial charge < -0.3 is 10.6 Å². The molecule has 7 heteroatoms. The highest BCUT2D eigenvalue weighted by molar-refractivity contribution is 6.30. The topological polar surface area (TPSA) is 76.5 Å². The zero-order valence-electron chi connectivity index (χ0n) is 14.5. The maximum Gasteiger partial charge on any atom is 0.278 e. The molecule has 27 heavy (non-hydrogen) atoms. The molecule has 1 amide bonds. The molecule has 0 saturated carbocycles. The molecule has 0 saturated heterocycles. The Morgan fingerprint density at radius 1 is 1.04 bits per heavy atom. The first-order chi connectivity index (χ1) is 13.0. The van der Waals surface area contributed by atoms with E-state index < -0.39 is 0 Å². The minimum Gasteiger partial charge on any atom is -0.399 e. The van der Waals surface area contributed by atoms with Crippen molar-refractivity contribution >= 4 is 34.5 Å². The van der Waals surface area contributed by atoms with Gasteiger partial charge in [0.25, 0.3) is 5.91 Å². The lowest BCUT2D eigenvalue weighted by Crippen LogP contribution is -2.27.